The first kappa shape index (κ1) is 20.1. The van der Waals surface area contributed by atoms with Crippen molar-refractivity contribution in [3.8, 4) is 0 Å². The van der Waals surface area contributed by atoms with Gasteiger partial charge in [0, 0.05) is 25.7 Å². The van der Waals surface area contributed by atoms with Gasteiger partial charge in [0.25, 0.3) is 0 Å². The molecule has 24 heavy (non-hydrogen) atoms. The van der Waals surface area contributed by atoms with Crippen molar-refractivity contribution >= 4 is 29.7 Å². The molecule has 3 unspecified atom stereocenters. The number of rotatable bonds is 6. The molecular weight excluding hydrogens is 342 g/mol. The molecule has 0 saturated carbocycles. The molecule has 0 N–H and O–H groups in total. The maximum Gasteiger partial charge on any atom is 0.303 e. The third kappa shape index (κ3) is 5.59. The predicted octanol–water partition coefficient (Wildman–Crippen LogP) is 1.18. The fourth-order valence-electron chi connectivity index (χ4n) is 2.26. The van der Waals surface area contributed by atoms with Crippen molar-refractivity contribution in [2.75, 3.05) is 12.9 Å². The summed E-state index contributed by atoms with van der Waals surface area (Å²) in [5.74, 6) is -1.78. The summed E-state index contributed by atoms with van der Waals surface area (Å²) in [5, 5.41) is 3.62. The minimum absolute atomic E-state index is 0.200. The van der Waals surface area contributed by atoms with E-state index in [4.69, 9.17) is 24.5 Å². The number of carbonyl (C=O) groups excluding carboxylic acids is 3. The van der Waals surface area contributed by atoms with Crippen LogP contribution < -0.4 is 0 Å². The van der Waals surface area contributed by atoms with E-state index in [-0.39, 0.29) is 6.61 Å². The zero-order chi connectivity index (χ0) is 18.3. The first-order valence-electron chi connectivity index (χ1n) is 7.00. The summed E-state index contributed by atoms with van der Waals surface area (Å²) in [6, 6.07) is -1.02. The topological polar surface area (TPSA) is 137 Å². The molecule has 10 nitrogen and oxygen atoms in total. The molecule has 5 atom stereocenters. The van der Waals surface area contributed by atoms with Gasteiger partial charge in [-0.1, -0.05) is 5.11 Å². The fraction of sp³-hybridized carbons (Fsp3) is 0.769. The highest BCUT2D eigenvalue weighted by atomic mass is 32.2. The van der Waals surface area contributed by atoms with Crippen LogP contribution in [0, 0.1) is 0 Å². The first-order valence-corrected chi connectivity index (χ1v) is 8.29. The van der Waals surface area contributed by atoms with Gasteiger partial charge in [-0.05, 0) is 11.8 Å². The second kappa shape index (κ2) is 9.36. The lowest BCUT2D eigenvalue weighted by Gasteiger charge is -2.43. The van der Waals surface area contributed by atoms with Gasteiger partial charge in [-0.3, -0.25) is 14.4 Å². The highest BCUT2D eigenvalue weighted by Crippen LogP contribution is 2.33. The molecule has 1 fully saturated rings. The predicted molar refractivity (Wildman–Crippen MR) is 82.9 cm³/mol. The minimum atomic E-state index is -1.06. The zero-order valence-corrected chi connectivity index (χ0v) is 14.5. The minimum Gasteiger partial charge on any atom is -0.463 e. The van der Waals surface area contributed by atoms with Gasteiger partial charge in [-0.25, -0.2) is 0 Å². The molecule has 0 amide bonds. The van der Waals surface area contributed by atoms with E-state index in [0.717, 1.165) is 0 Å². The molecule has 1 aliphatic rings. The van der Waals surface area contributed by atoms with E-state index in [2.05, 4.69) is 10.0 Å². The molecule has 11 heteroatoms. The van der Waals surface area contributed by atoms with Crippen LogP contribution in [0.1, 0.15) is 20.8 Å². The number of carbonyl (C=O) groups is 3. The average Bonchev–Trinajstić information content (AvgIpc) is 2.48. The maximum atomic E-state index is 11.4. The van der Waals surface area contributed by atoms with Gasteiger partial charge >= 0.3 is 17.9 Å². The third-order valence-corrected chi connectivity index (χ3v) is 3.93. The smallest absolute Gasteiger partial charge is 0.303 e. The Kier molecular flexibility index (Phi) is 7.83. The van der Waals surface area contributed by atoms with Crippen molar-refractivity contribution in [1.29, 1.82) is 0 Å². The van der Waals surface area contributed by atoms with Crippen LogP contribution in [0.3, 0.4) is 0 Å². The van der Waals surface area contributed by atoms with Crippen molar-refractivity contribution in [2.45, 2.75) is 50.6 Å². The van der Waals surface area contributed by atoms with Gasteiger partial charge in [0.1, 0.15) is 36.4 Å². The van der Waals surface area contributed by atoms with Crippen molar-refractivity contribution in [1.82, 2.24) is 0 Å². The zero-order valence-electron chi connectivity index (χ0n) is 13.7. The third-order valence-electron chi connectivity index (χ3n) is 3.09. The number of esters is 3. The Morgan fingerprint density at radius 2 is 1.71 bits per heavy atom. The van der Waals surface area contributed by atoms with E-state index < -0.39 is 47.7 Å². The highest BCUT2D eigenvalue weighted by molar-refractivity contribution is 7.99. The molecule has 1 heterocycles. The van der Waals surface area contributed by atoms with Crippen LogP contribution in [0.5, 0.6) is 0 Å². The molecule has 0 aliphatic carbocycles. The Balaban J connectivity index is 3.17. The van der Waals surface area contributed by atoms with Crippen LogP contribution in [0.2, 0.25) is 0 Å². The summed E-state index contributed by atoms with van der Waals surface area (Å²) in [6.45, 7) is 3.41. The van der Waals surface area contributed by atoms with Crippen molar-refractivity contribution < 1.29 is 33.3 Å². The molecule has 0 aromatic carbocycles. The van der Waals surface area contributed by atoms with Crippen LogP contribution in [0.25, 0.3) is 10.4 Å². The monoisotopic (exact) mass is 361 g/mol. The van der Waals surface area contributed by atoms with Gasteiger partial charge < -0.3 is 18.9 Å². The average molecular weight is 361 g/mol. The largest absolute Gasteiger partial charge is 0.463 e. The molecule has 134 valence electrons. The maximum absolute atomic E-state index is 11.4. The Morgan fingerprint density at radius 1 is 1.12 bits per heavy atom. The van der Waals surface area contributed by atoms with Crippen molar-refractivity contribution in [2.24, 2.45) is 5.11 Å². The summed E-state index contributed by atoms with van der Waals surface area (Å²) in [5.41, 5.74) is 8.15. The van der Waals surface area contributed by atoms with Crippen LogP contribution in [-0.2, 0) is 33.3 Å². The van der Waals surface area contributed by atoms with Gasteiger partial charge in [0.2, 0.25) is 0 Å². The second-order valence-electron chi connectivity index (χ2n) is 4.92. The van der Waals surface area contributed by atoms with Gasteiger partial charge in [-0.15, -0.1) is 11.8 Å². The normalized spacial score (nSPS) is 29.1. The summed E-state index contributed by atoms with van der Waals surface area (Å²) in [6.07, 6.45) is -1.17. The molecule has 0 bridgehead atoms. The van der Waals surface area contributed by atoms with Crippen molar-refractivity contribution in [3.63, 3.8) is 0 Å². The second-order valence-corrected chi connectivity index (χ2v) is 5.86. The van der Waals surface area contributed by atoms with Gasteiger partial charge in [0.15, 0.2) is 0 Å². The van der Waals surface area contributed by atoms with E-state index in [1.807, 2.05) is 0 Å². The quantitative estimate of drug-likeness (QED) is 0.226. The Bertz CT molecular complexity index is 538. The summed E-state index contributed by atoms with van der Waals surface area (Å²) in [4.78, 5) is 36.5. The van der Waals surface area contributed by atoms with E-state index in [0.29, 0.717) is 0 Å². The first-order chi connectivity index (χ1) is 11.3. The lowest BCUT2D eigenvalue weighted by molar-refractivity contribution is -0.200. The summed E-state index contributed by atoms with van der Waals surface area (Å²) >= 11 is 1.22. The Labute approximate surface area is 142 Å². The number of azide groups is 1. The molecule has 1 saturated heterocycles. The lowest BCUT2D eigenvalue weighted by atomic mass is 9.97. The SMILES string of the molecule is CS[C@@H]1OC(COC(C)=O)[C@H](OC(C)=O)C(N=[N+]=[N-])C1OC(C)=O. The van der Waals surface area contributed by atoms with Crippen LogP contribution in [0.15, 0.2) is 5.11 Å². The molecular formula is C13H19N3O7S. The van der Waals surface area contributed by atoms with E-state index in [9.17, 15) is 14.4 Å². The number of hydrogen-bond acceptors (Lipinski definition) is 9. The van der Waals surface area contributed by atoms with Crippen LogP contribution >= 0.6 is 11.8 Å². The summed E-state index contributed by atoms with van der Waals surface area (Å²) in [7, 11) is 0. The molecule has 0 aromatic rings. The lowest BCUT2D eigenvalue weighted by Crippen LogP contribution is -2.59. The number of ether oxygens (including phenoxy) is 4. The number of nitrogens with zero attached hydrogens (tertiary/aromatic N) is 3. The molecule has 1 aliphatic heterocycles. The van der Waals surface area contributed by atoms with Gasteiger partial charge in [0.05, 0.1) is 0 Å². The number of hydrogen-bond donors (Lipinski definition) is 0. The fourth-order valence-corrected chi connectivity index (χ4v) is 3.00. The van der Waals surface area contributed by atoms with Crippen LogP contribution in [-0.4, -0.2) is 60.6 Å². The van der Waals surface area contributed by atoms with Crippen LogP contribution in [0.4, 0.5) is 0 Å². The van der Waals surface area contributed by atoms with E-state index in [1.165, 1.54) is 32.5 Å². The molecule has 0 radical (unpaired) electrons. The summed E-state index contributed by atoms with van der Waals surface area (Å²) < 4.78 is 21.0. The molecule has 0 spiro atoms. The van der Waals surface area contributed by atoms with E-state index >= 15 is 0 Å². The Morgan fingerprint density at radius 3 is 2.17 bits per heavy atom. The highest BCUT2D eigenvalue weighted by Gasteiger charge is 2.49. The Hall–Kier alpha value is -1.97. The van der Waals surface area contributed by atoms with Gasteiger partial charge in [-0.2, -0.15) is 0 Å². The van der Waals surface area contributed by atoms with Crippen molar-refractivity contribution in [3.05, 3.63) is 10.4 Å². The number of thioether (sulfide) groups is 1. The molecule has 0 aromatic heterocycles. The molecule has 1 rings (SSSR count). The van der Waals surface area contributed by atoms with E-state index in [1.54, 1.807) is 6.26 Å². The standard InChI is InChI=1S/C13H19N3O7S/c1-6(17)20-5-9-11(21-7(2)18)10(15-16-14)12(22-8(3)19)13(23-9)24-4/h9-13H,5H2,1-4H3/t9?,10?,11-,12?,13-/m0/s1.